The summed E-state index contributed by atoms with van der Waals surface area (Å²) in [6.45, 7) is 0. The molecule has 0 fully saturated rings. The van der Waals surface area contributed by atoms with E-state index in [0.29, 0.717) is 17.5 Å². The van der Waals surface area contributed by atoms with E-state index >= 15 is 0 Å². The number of nitrogens with zero attached hydrogens (tertiary/aromatic N) is 6. The lowest BCUT2D eigenvalue weighted by atomic mass is 10.00. The van der Waals surface area contributed by atoms with Gasteiger partial charge in [0.2, 0.25) is 0 Å². The summed E-state index contributed by atoms with van der Waals surface area (Å²) in [4.78, 5) is 30.1. The van der Waals surface area contributed by atoms with Gasteiger partial charge in [-0.3, -0.25) is 0 Å². The molecule has 3 aromatic heterocycles. The zero-order valence-electron chi connectivity index (χ0n) is 26.1. The van der Waals surface area contributed by atoms with Crippen LogP contribution in [0.1, 0.15) is 0 Å². The second kappa shape index (κ2) is 12.3. The molecule has 0 atom stereocenters. The first kappa shape index (κ1) is 28.8. The largest absolute Gasteiger partial charge is 0.244 e. The number of hydrogen-bond donors (Lipinski definition) is 0. The van der Waals surface area contributed by atoms with Gasteiger partial charge in [-0.05, 0) is 36.4 Å². The highest BCUT2D eigenvalue weighted by Gasteiger charge is 2.18. The number of rotatable bonds is 6. The van der Waals surface area contributed by atoms with Crippen LogP contribution in [0.2, 0.25) is 0 Å². The molecule has 0 aliphatic heterocycles. The van der Waals surface area contributed by atoms with E-state index in [1.807, 2.05) is 109 Å². The molecule has 230 valence electrons. The first-order valence-corrected chi connectivity index (χ1v) is 16.8. The molecule has 0 amide bonds. The molecule has 9 rings (SSSR count). The Balaban J connectivity index is 1.19. The van der Waals surface area contributed by atoms with Crippen molar-refractivity contribution in [1.82, 2.24) is 29.9 Å². The third-order valence-electron chi connectivity index (χ3n) is 8.34. The van der Waals surface area contributed by atoms with Crippen molar-refractivity contribution < 1.29 is 0 Å². The summed E-state index contributed by atoms with van der Waals surface area (Å²) in [5, 5.41) is 0.971. The number of fused-ring (bicyclic) bond motifs is 2. The molecular formula is C42H26N6S. The summed E-state index contributed by atoms with van der Waals surface area (Å²) in [5.74, 6) is 1.82. The van der Waals surface area contributed by atoms with Crippen molar-refractivity contribution in [3.63, 3.8) is 0 Å². The van der Waals surface area contributed by atoms with Crippen LogP contribution < -0.4 is 0 Å². The Hall–Kier alpha value is -6.44. The zero-order chi connectivity index (χ0) is 32.6. The van der Waals surface area contributed by atoms with Gasteiger partial charge in [0.05, 0.1) is 32.6 Å². The Kier molecular flexibility index (Phi) is 7.22. The Morgan fingerprint density at radius 1 is 0.306 bits per heavy atom. The van der Waals surface area contributed by atoms with Crippen molar-refractivity contribution in [2.45, 2.75) is 0 Å². The summed E-state index contributed by atoms with van der Waals surface area (Å²) in [6.07, 6.45) is 0. The fraction of sp³-hybridized carbons (Fsp3) is 0. The Labute approximate surface area is 286 Å². The molecular weight excluding hydrogens is 621 g/mol. The van der Waals surface area contributed by atoms with Gasteiger partial charge >= 0.3 is 0 Å². The van der Waals surface area contributed by atoms with Gasteiger partial charge in [-0.25, -0.2) is 29.9 Å². The SMILES string of the molecule is c1ccc(-c2nc(-c3ccccc3)nc(-c3cccc(-c4nc5ccccc5nc4-c4cccc(-c5nc6ccccc6s5)c4)c3)n2)cc1. The van der Waals surface area contributed by atoms with Crippen LogP contribution in [0.15, 0.2) is 158 Å². The maximum absolute atomic E-state index is 5.20. The number of thiazole rings is 1. The molecule has 7 heteroatoms. The Bertz CT molecular complexity index is 2530. The summed E-state index contributed by atoms with van der Waals surface area (Å²) >= 11 is 1.69. The third-order valence-corrected chi connectivity index (χ3v) is 9.43. The van der Waals surface area contributed by atoms with Crippen molar-refractivity contribution >= 4 is 32.6 Å². The molecule has 0 bridgehead atoms. The molecule has 0 unspecified atom stereocenters. The van der Waals surface area contributed by atoms with E-state index in [-0.39, 0.29) is 0 Å². The minimum absolute atomic E-state index is 0.586. The van der Waals surface area contributed by atoms with Crippen molar-refractivity contribution in [1.29, 1.82) is 0 Å². The second-order valence-electron chi connectivity index (χ2n) is 11.6. The number of aromatic nitrogens is 6. The first-order chi connectivity index (χ1) is 24.2. The topological polar surface area (TPSA) is 77.3 Å². The molecule has 9 aromatic rings. The van der Waals surface area contributed by atoms with Crippen LogP contribution in [-0.4, -0.2) is 29.9 Å². The van der Waals surface area contributed by atoms with Gasteiger partial charge in [0.1, 0.15) is 5.01 Å². The molecule has 6 nitrogen and oxygen atoms in total. The smallest absolute Gasteiger partial charge is 0.164 e. The Morgan fingerprint density at radius 2 is 0.735 bits per heavy atom. The van der Waals surface area contributed by atoms with Crippen molar-refractivity contribution in [2.24, 2.45) is 0 Å². The lowest BCUT2D eigenvalue weighted by Gasteiger charge is -2.13. The van der Waals surface area contributed by atoms with E-state index < -0.39 is 0 Å². The lowest BCUT2D eigenvalue weighted by molar-refractivity contribution is 1.07. The minimum atomic E-state index is 0.586. The highest BCUT2D eigenvalue weighted by molar-refractivity contribution is 7.21. The normalized spacial score (nSPS) is 11.3. The van der Waals surface area contributed by atoms with Gasteiger partial charge in [0.15, 0.2) is 17.5 Å². The molecule has 6 aromatic carbocycles. The van der Waals surface area contributed by atoms with Crippen molar-refractivity contribution in [3.8, 4) is 67.2 Å². The maximum atomic E-state index is 5.20. The molecule has 0 aliphatic carbocycles. The summed E-state index contributed by atoms with van der Waals surface area (Å²) in [6, 6.07) is 52.9. The van der Waals surface area contributed by atoms with E-state index in [1.165, 1.54) is 0 Å². The quantitative estimate of drug-likeness (QED) is 0.179. The molecule has 0 radical (unpaired) electrons. The van der Waals surface area contributed by atoms with Gasteiger partial charge in [-0.15, -0.1) is 11.3 Å². The van der Waals surface area contributed by atoms with Crippen molar-refractivity contribution in [2.75, 3.05) is 0 Å². The minimum Gasteiger partial charge on any atom is -0.244 e. The van der Waals surface area contributed by atoms with Crippen LogP contribution in [0.3, 0.4) is 0 Å². The van der Waals surface area contributed by atoms with Crippen LogP contribution in [0, 0.1) is 0 Å². The van der Waals surface area contributed by atoms with Crippen LogP contribution in [-0.2, 0) is 0 Å². The van der Waals surface area contributed by atoms with Crippen LogP contribution in [0.5, 0.6) is 0 Å². The molecule has 3 heterocycles. The van der Waals surface area contributed by atoms with E-state index in [0.717, 1.165) is 71.0 Å². The Morgan fingerprint density at radius 3 is 1.31 bits per heavy atom. The van der Waals surface area contributed by atoms with E-state index in [2.05, 4.69) is 48.5 Å². The monoisotopic (exact) mass is 646 g/mol. The van der Waals surface area contributed by atoms with E-state index in [4.69, 9.17) is 29.9 Å². The molecule has 0 saturated carbocycles. The number of hydrogen-bond acceptors (Lipinski definition) is 7. The first-order valence-electron chi connectivity index (χ1n) is 16.0. The van der Waals surface area contributed by atoms with Gasteiger partial charge in [0, 0.05) is 33.4 Å². The average Bonchev–Trinajstić information content (AvgIpc) is 3.63. The fourth-order valence-corrected chi connectivity index (χ4v) is 6.90. The predicted octanol–water partition coefficient (Wildman–Crippen LogP) is 10.4. The van der Waals surface area contributed by atoms with E-state index in [9.17, 15) is 0 Å². The molecule has 0 spiro atoms. The van der Waals surface area contributed by atoms with Gasteiger partial charge in [-0.2, -0.15) is 0 Å². The second-order valence-corrected chi connectivity index (χ2v) is 12.6. The van der Waals surface area contributed by atoms with Crippen LogP contribution >= 0.6 is 11.3 Å². The average molecular weight is 647 g/mol. The molecule has 0 N–H and O–H groups in total. The molecule has 0 aliphatic rings. The summed E-state index contributed by atoms with van der Waals surface area (Å²) in [5.41, 5.74) is 9.87. The molecule has 0 saturated heterocycles. The number of para-hydroxylation sites is 3. The van der Waals surface area contributed by atoms with Gasteiger partial charge < -0.3 is 0 Å². The standard InChI is InChI=1S/C42H26N6S/c1-3-13-27(14-4-1)39-46-40(28-15-5-2-6-16-28)48-41(47-39)31-19-11-17-29(25-31)37-38(44-34-22-8-7-21-33(34)43-37)30-18-12-20-32(26-30)42-45-35-23-9-10-24-36(35)49-42/h1-26H. The number of benzene rings is 6. The van der Waals surface area contributed by atoms with Gasteiger partial charge in [-0.1, -0.05) is 121 Å². The van der Waals surface area contributed by atoms with Crippen molar-refractivity contribution in [3.05, 3.63) is 158 Å². The predicted molar refractivity (Wildman–Crippen MR) is 199 cm³/mol. The van der Waals surface area contributed by atoms with E-state index in [1.54, 1.807) is 11.3 Å². The summed E-state index contributed by atoms with van der Waals surface area (Å²) < 4.78 is 1.16. The highest BCUT2D eigenvalue weighted by Crippen LogP contribution is 2.36. The van der Waals surface area contributed by atoms with Crippen LogP contribution in [0.25, 0.3) is 88.5 Å². The zero-order valence-corrected chi connectivity index (χ0v) is 26.9. The molecule has 49 heavy (non-hydrogen) atoms. The highest BCUT2D eigenvalue weighted by atomic mass is 32.1. The summed E-state index contributed by atoms with van der Waals surface area (Å²) in [7, 11) is 0. The van der Waals surface area contributed by atoms with Gasteiger partial charge in [0.25, 0.3) is 0 Å². The maximum Gasteiger partial charge on any atom is 0.164 e. The van der Waals surface area contributed by atoms with Crippen LogP contribution in [0.4, 0.5) is 0 Å². The lowest BCUT2D eigenvalue weighted by Crippen LogP contribution is -2.00. The third kappa shape index (κ3) is 5.62. The fourth-order valence-electron chi connectivity index (χ4n) is 5.94.